The summed E-state index contributed by atoms with van der Waals surface area (Å²) in [5.74, 6) is 0.403. The van der Waals surface area contributed by atoms with E-state index < -0.39 is 5.41 Å². The van der Waals surface area contributed by atoms with Gasteiger partial charge in [0.05, 0.1) is 11.5 Å². The van der Waals surface area contributed by atoms with E-state index in [-0.39, 0.29) is 0 Å². The Kier molecular flexibility index (Phi) is 2.01. The van der Waals surface area contributed by atoms with Gasteiger partial charge in [-0.05, 0) is 24.0 Å². The van der Waals surface area contributed by atoms with Gasteiger partial charge in [-0.25, -0.2) is 0 Å². The van der Waals surface area contributed by atoms with Crippen LogP contribution in [0.1, 0.15) is 17.5 Å². The van der Waals surface area contributed by atoms with Gasteiger partial charge in [0.2, 0.25) is 0 Å². The summed E-state index contributed by atoms with van der Waals surface area (Å²) in [4.78, 5) is 0. The van der Waals surface area contributed by atoms with Crippen LogP contribution in [0.15, 0.2) is 24.3 Å². The number of fused-ring (bicyclic) bond motifs is 1. The van der Waals surface area contributed by atoms with E-state index in [9.17, 15) is 0 Å². The Balaban J connectivity index is 2.55. The van der Waals surface area contributed by atoms with E-state index in [2.05, 4.69) is 12.1 Å². The third kappa shape index (κ3) is 1.14. The first kappa shape index (κ1) is 8.59. The van der Waals surface area contributed by atoms with Crippen LogP contribution in [0.3, 0.4) is 0 Å². The maximum absolute atomic E-state index is 9.13. The highest BCUT2D eigenvalue weighted by molar-refractivity contribution is 6.19. The molecule has 1 aromatic carbocycles. The lowest BCUT2D eigenvalue weighted by molar-refractivity contribution is 0.611. The number of halogens is 1. The highest BCUT2D eigenvalue weighted by Crippen LogP contribution is 2.39. The molecular formula is C11H10ClN. The van der Waals surface area contributed by atoms with Gasteiger partial charge in [0.25, 0.3) is 0 Å². The smallest absolute Gasteiger partial charge is 0.0962 e. The molecule has 0 saturated carbocycles. The minimum atomic E-state index is -0.419. The fourth-order valence-electron chi connectivity index (χ4n) is 1.97. The van der Waals surface area contributed by atoms with E-state index in [0.717, 1.165) is 18.4 Å². The number of aryl methyl sites for hydroxylation is 1. The van der Waals surface area contributed by atoms with Crippen LogP contribution in [-0.2, 0) is 11.8 Å². The molecule has 0 bridgehead atoms. The zero-order valence-electron chi connectivity index (χ0n) is 7.26. The van der Waals surface area contributed by atoms with Gasteiger partial charge in [-0.1, -0.05) is 24.3 Å². The topological polar surface area (TPSA) is 23.8 Å². The van der Waals surface area contributed by atoms with E-state index in [0.29, 0.717) is 5.88 Å². The summed E-state index contributed by atoms with van der Waals surface area (Å²) in [6.07, 6.45) is 1.85. The van der Waals surface area contributed by atoms with Gasteiger partial charge in [0.15, 0.2) is 0 Å². The molecule has 0 heterocycles. The van der Waals surface area contributed by atoms with Gasteiger partial charge in [-0.3, -0.25) is 0 Å². The summed E-state index contributed by atoms with van der Waals surface area (Å²) >= 11 is 5.87. The van der Waals surface area contributed by atoms with E-state index in [1.165, 1.54) is 5.56 Å². The van der Waals surface area contributed by atoms with Crippen molar-refractivity contribution in [1.82, 2.24) is 0 Å². The van der Waals surface area contributed by atoms with Gasteiger partial charge >= 0.3 is 0 Å². The largest absolute Gasteiger partial charge is 0.197 e. The third-order valence-electron chi connectivity index (χ3n) is 2.80. The monoisotopic (exact) mass is 191 g/mol. The Morgan fingerprint density at radius 2 is 2.23 bits per heavy atom. The molecule has 2 rings (SSSR count). The van der Waals surface area contributed by atoms with Crippen LogP contribution in [-0.4, -0.2) is 5.88 Å². The fourth-order valence-corrected chi connectivity index (χ4v) is 2.31. The number of alkyl halides is 1. The Hall–Kier alpha value is -1.00. The maximum Gasteiger partial charge on any atom is 0.0962 e. The summed E-state index contributed by atoms with van der Waals surface area (Å²) in [6.45, 7) is 0. The van der Waals surface area contributed by atoms with Gasteiger partial charge in [0.1, 0.15) is 0 Å². The molecule has 1 atom stereocenters. The predicted molar refractivity (Wildman–Crippen MR) is 52.8 cm³/mol. The van der Waals surface area contributed by atoms with Crippen molar-refractivity contribution in [3.63, 3.8) is 0 Å². The van der Waals surface area contributed by atoms with Crippen LogP contribution < -0.4 is 0 Å². The summed E-state index contributed by atoms with van der Waals surface area (Å²) in [5.41, 5.74) is 2.00. The van der Waals surface area contributed by atoms with Crippen molar-refractivity contribution in [3.8, 4) is 6.07 Å². The van der Waals surface area contributed by atoms with Crippen molar-refractivity contribution in [2.24, 2.45) is 0 Å². The molecule has 1 nitrogen and oxygen atoms in total. The molecular weight excluding hydrogens is 182 g/mol. The summed E-state index contributed by atoms with van der Waals surface area (Å²) in [6, 6.07) is 10.4. The lowest BCUT2D eigenvalue weighted by Gasteiger charge is -2.17. The van der Waals surface area contributed by atoms with Crippen LogP contribution in [0, 0.1) is 11.3 Å². The van der Waals surface area contributed by atoms with E-state index in [1.807, 2.05) is 18.2 Å². The van der Waals surface area contributed by atoms with Crippen LogP contribution >= 0.6 is 11.6 Å². The van der Waals surface area contributed by atoms with Crippen molar-refractivity contribution < 1.29 is 0 Å². The SMILES string of the molecule is N#CC1(CCl)CCc2ccccc21. The number of nitrogens with zero attached hydrogens (tertiary/aromatic N) is 1. The Morgan fingerprint density at radius 3 is 2.92 bits per heavy atom. The molecule has 0 N–H and O–H groups in total. The van der Waals surface area contributed by atoms with E-state index in [4.69, 9.17) is 16.9 Å². The lowest BCUT2D eigenvalue weighted by atomic mass is 9.86. The van der Waals surface area contributed by atoms with Crippen LogP contribution in [0.4, 0.5) is 0 Å². The fraction of sp³-hybridized carbons (Fsp3) is 0.364. The van der Waals surface area contributed by atoms with Gasteiger partial charge < -0.3 is 0 Å². The molecule has 1 aliphatic rings. The second kappa shape index (κ2) is 3.05. The number of nitriles is 1. The normalized spacial score (nSPS) is 25.2. The first-order valence-electron chi connectivity index (χ1n) is 4.38. The third-order valence-corrected chi connectivity index (χ3v) is 3.25. The Labute approximate surface area is 82.9 Å². The molecule has 0 aromatic heterocycles. The summed E-state index contributed by atoms with van der Waals surface area (Å²) < 4.78 is 0. The molecule has 0 aliphatic heterocycles. The zero-order chi connectivity index (χ0) is 9.31. The predicted octanol–water partition coefficient (Wildman–Crippen LogP) is 2.63. The highest BCUT2D eigenvalue weighted by atomic mass is 35.5. The quantitative estimate of drug-likeness (QED) is 0.626. The molecule has 0 saturated heterocycles. The molecule has 1 unspecified atom stereocenters. The molecule has 0 fully saturated rings. The molecule has 1 aliphatic carbocycles. The second-order valence-electron chi connectivity index (χ2n) is 3.48. The van der Waals surface area contributed by atoms with Crippen LogP contribution in [0.25, 0.3) is 0 Å². The van der Waals surface area contributed by atoms with Crippen LogP contribution in [0.5, 0.6) is 0 Å². The van der Waals surface area contributed by atoms with Gasteiger partial charge in [-0.2, -0.15) is 5.26 Å². The first-order chi connectivity index (χ1) is 6.32. The van der Waals surface area contributed by atoms with Crippen molar-refractivity contribution in [2.75, 3.05) is 5.88 Å². The number of hydrogen-bond acceptors (Lipinski definition) is 1. The number of hydrogen-bond donors (Lipinski definition) is 0. The van der Waals surface area contributed by atoms with Crippen molar-refractivity contribution >= 4 is 11.6 Å². The lowest BCUT2D eigenvalue weighted by Crippen LogP contribution is -2.22. The average molecular weight is 192 g/mol. The minimum absolute atomic E-state index is 0.403. The van der Waals surface area contributed by atoms with Crippen molar-refractivity contribution in [3.05, 3.63) is 35.4 Å². The molecule has 13 heavy (non-hydrogen) atoms. The molecule has 1 aromatic rings. The van der Waals surface area contributed by atoms with Crippen LogP contribution in [0.2, 0.25) is 0 Å². The molecule has 0 spiro atoms. The average Bonchev–Trinajstić information content (AvgIpc) is 2.58. The standard InChI is InChI=1S/C11H10ClN/c12-7-11(8-13)6-5-9-3-1-2-4-10(9)11/h1-4H,5-7H2. The Bertz CT molecular complexity index is 367. The minimum Gasteiger partial charge on any atom is -0.197 e. The number of benzene rings is 1. The zero-order valence-corrected chi connectivity index (χ0v) is 8.01. The molecule has 66 valence electrons. The van der Waals surface area contributed by atoms with Gasteiger partial charge in [0, 0.05) is 5.88 Å². The second-order valence-corrected chi connectivity index (χ2v) is 3.75. The Morgan fingerprint density at radius 1 is 1.46 bits per heavy atom. The maximum atomic E-state index is 9.13. The van der Waals surface area contributed by atoms with Crippen molar-refractivity contribution in [1.29, 1.82) is 5.26 Å². The molecule has 0 amide bonds. The number of rotatable bonds is 1. The summed E-state index contributed by atoms with van der Waals surface area (Å²) in [5, 5.41) is 9.13. The summed E-state index contributed by atoms with van der Waals surface area (Å²) in [7, 11) is 0. The van der Waals surface area contributed by atoms with Gasteiger partial charge in [-0.15, -0.1) is 11.6 Å². The van der Waals surface area contributed by atoms with E-state index in [1.54, 1.807) is 0 Å². The first-order valence-corrected chi connectivity index (χ1v) is 4.91. The highest BCUT2D eigenvalue weighted by Gasteiger charge is 2.37. The molecule has 0 radical (unpaired) electrons. The van der Waals surface area contributed by atoms with Crippen molar-refractivity contribution in [2.45, 2.75) is 18.3 Å². The van der Waals surface area contributed by atoms with E-state index >= 15 is 0 Å². The molecule has 2 heteroatoms.